The summed E-state index contributed by atoms with van der Waals surface area (Å²) in [7, 11) is 0. The lowest BCUT2D eigenvalue weighted by Crippen LogP contribution is -2.56. The third-order valence-electron chi connectivity index (χ3n) is 5.99. The van der Waals surface area contributed by atoms with Gasteiger partial charge in [0.15, 0.2) is 0 Å². The minimum absolute atomic E-state index is 0.120. The number of ketones is 1. The van der Waals surface area contributed by atoms with E-state index in [-0.39, 0.29) is 24.1 Å². The summed E-state index contributed by atoms with van der Waals surface area (Å²) in [4.78, 5) is 67.7. The van der Waals surface area contributed by atoms with E-state index >= 15 is 0 Å². The number of aromatic amines is 1. The number of carboxylic acids is 1. The van der Waals surface area contributed by atoms with E-state index in [4.69, 9.17) is 5.11 Å². The number of amides is 3. The van der Waals surface area contributed by atoms with E-state index in [0.717, 1.165) is 6.08 Å². The molecule has 3 aromatic rings. The first-order chi connectivity index (χ1) is 17.3. The maximum Gasteiger partial charge on any atom is 0.328 e. The van der Waals surface area contributed by atoms with Gasteiger partial charge in [-0.2, -0.15) is 0 Å². The summed E-state index contributed by atoms with van der Waals surface area (Å²) >= 11 is 0. The molecule has 1 aliphatic heterocycles. The Morgan fingerprint density at radius 1 is 1.00 bits per heavy atom. The van der Waals surface area contributed by atoms with Crippen LogP contribution in [-0.4, -0.2) is 75.0 Å². The monoisotopic (exact) mass is 488 g/mol. The zero-order chi connectivity index (χ0) is 25.8. The van der Waals surface area contributed by atoms with Gasteiger partial charge in [0.25, 0.3) is 17.6 Å². The Morgan fingerprint density at radius 2 is 1.75 bits per heavy atom. The van der Waals surface area contributed by atoms with Gasteiger partial charge in [0.2, 0.25) is 5.91 Å². The van der Waals surface area contributed by atoms with Crippen LogP contribution >= 0.6 is 0 Å². The van der Waals surface area contributed by atoms with Crippen molar-refractivity contribution in [3.8, 4) is 0 Å². The molecule has 0 spiro atoms. The first-order valence-electron chi connectivity index (χ1n) is 11.3. The second-order valence-corrected chi connectivity index (χ2v) is 8.39. The van der Waals surface area contributed by atoms with Crippen molar-refractivity contribution in [1.29, 1.82) is 0 Å². The van der Waals surface area contributed by atoms with Gasteiger partial charge < -0.3 is 25.2 Å². The average Bonchev–Trinajstić information content (AvgIpc) is 3.32. The van der Waals surface area contributed by atoms with E-state index in [0.29, 0.717) is 41.3 Å². The summed E-state index contributed by atoms with van der Waals surface area (Å²) in [5.74, 6) is -3.40. The molecular weight excluding hydrogens is 464 g/mol. The number of fused-ring (bicyclic) bond motifs is 1. The lowest BCUT2D eigenvalue weighted by atomic mass is 10.1. The highest BCUT2D eigenvalue weighted by atomic mass is 16.4. The Kier molecular flexibility index (Phi) is 6.95. The number of piperazine rings is 1. The molecule has 1 aliphatic rings. The number of aliphatic carboxylic acids is 1. The second-order valence-electron chi connectivity index (χ2n) is 8.39. The summed E-state index contributed by atoms with van der Waals surface area (Å²) < 4.78 is 0. The molecule has 1 saturated heterocycles. The van der Waals surface area contributed by atoms with Crippen LogP contribution < -0.4 is 5.32 Å². The van der Waals surface area contributed by atoms with E-state index in [9.17, 15) is 24.0 Å². The molecule has 10 nitrogen and oxygen atoms in total. The molecule has 0 bridgehead atoms. The molecule has 2 heterocycles. The van der Waals surface area contributed by atoms with Crippen LogP contribution in [0.2, 0.25) is 0 Å². The van der Waals surface area contributed by atoms with E-state index in [1.54, 1.807) is 54.3 Å². The highest BCUT2D eigenvalue weighted by molar-refractivity contribution is 6.45. The fourth-order valence-electron chi connectivity index (χ4n) is 4.22. The van der Waals surface area contributed by atoms with Gasteiger partial charge in [-0.05, 0) is 25.1 Å². The Bertz CT molecular complexity index is 1380. The minimum atomic E-state index is -1.26. The molecular formula is C26H24N4O6. The van der Waals surface area contributed by atoms with E-state index in [2.05, 4.69) is 10.3 Å². The van der Waals surface area contributed by atoms with Crippen molar-refractivity contribution in [2.45, 2.75) is 13.0 Å². The van der Waals surface area contributed by atoms with Crippen molar-refractivity contribution in [3.63, 3.8) is 0 Å². The lowest BCUT2D eigenvalue weighted by molar-refractivity contribution is -0.132. The number of Topliss-reactive ketones (excluding diaryl/α,β-unsaturated/α-hetero) is 1. The molecule has 10 heteroatoms. The molecule has 0 radical (unpaired) electrons. The van der Waals surface area contributed by atoms with E-state index in [1.165, 1.54) is 11.1 Å². The van der Waals surface area contributed by atoms with Crippen molar-refractivity contribution in [2.75, 3.05) is 25.0 Å². The van der Waals surface area contributed by atoms with Crippen molar-refractivity contribution in [2.24, 2.45) is 0 Å². The number of nitrogens with one attached hydrogen (secondary N) is 2. The predicted octanol–water partition coefficient (Wildman–Crippen LogP) is 2.30. The predicted molar refractivity (Wildman–Crippen MR) is 132 cm³/mol. The van der Waals surface area contributed by atoms with Gasteiger partial charge in [-0.3, -0.25) is 19.2 Å². The molecule has 1 aromatic heterocycles. The third kappa shape index (κ3) is 5.02. The fraction of sp³-hybridized carbons (Fsp3) is 0.192. The SMILES string of the molecule is C[C@@H]1CN(C(=O)c2ccccc2)CCN1C(=O)C(=O)c1c[nH]c2c(NC(=O)C=CC(=O)O)cccc12. The van der Waals surface area contributed by atoms with Crippen molar-refractivity contribution < 1.29 is 29.1 Å². The molecule has 0 unspecified atom stereocenters. The Hall–Kier alpha value is -4.73. The van der Waals surface area contributed by atoms with Crippen LogP contribution in [0, 0.1) is 0 Å². The molecule has 1 fully saturated rings. The minimum Gasteiger partial charge on any atom is -0.478 e. The number of hydrogen-bond acceptors (Lipinski definition) is 5. The summed E-state index contributed by atoms with van der Waals surface area (Å²) in [6, 6.07) is 13.4. The Morgan fingerprint density at radius 3 is 2.44 bits per heavy atom. The number of rotatable bonds is 6. The molecule has 2 aromatic carbocycles. The van der Waals surface area contributed by atoms with Gasteiger partial charge in [-0.15, -0.1) is 0 Å². The summed E-state index contributed by atoms with van der Waals surface area (Å²) in [6.07, 6.45) is 3.00. The van der Waals surface area contributed by atoms with Crippen molar-refractivity contribution >= 4 is 46.1 Å². The Balaban J connectivity index is 1.48. The van der Waals surface area contributed by atoms with Crippen LogP contribution in [0.1, 0.15) is 27.6 Å². The number of benzene rings is 2. The second kappa shape index (κ2) is 10.3. The van der Waals surface area contributed by atoms with E-state index < -0.39 is 23.6 Å². The first kappa shape index (κ1) is 24.4. The molecule has 1 atom stereocenters. The smallest absolute Gasteiger partial charge is 0.328 e. The number of aromatic nitrogens is 1. The molecule has 4 rings (SSSR count). The molecule has 184 valence electrons. The summed E-state index contributed by atoms with van der Waals surface area (Å²) in [5, 5.41) is 11.7. The van der Waals surface area contributed by atoms with Gasteiger partial charge in [-0.1, -0.05) is 30.3 Å². The average molecular weight is 489 g/mol. The molecule has 0 saturated carbocycles. The third-order valence-corrected chi connectivity index (χ3v) is 5.99. The number of H-pyrrole nitrogens is 1. The Labute approximate surface area is 206 Å². The van der Waals surface area contributed by atoms with Crippen LogP contribution in [0.3, 0.4) is 0 Å². The van der Waals surface area contributed by atoms with Crippen molar-refractivity contribution in [1.82, 2.24) is 14.8 Å². The number of carboxylic acid groups (broad SMARTS) is 1. The summed E-state index contributed by atoms with van der Waals surface area (Å²) in [6.45, 7) is 2.64. The largest absolute Gasteiger partial charge is 0.478 e. The van der Waals surface area contributed by atoms with E-state index in [1.807, 2.05) is 6.07 Å². The molecule has 3 amide bonds. The number of nitrogens with zero attached hydrogens (tertiary/aromatic N) is 2. The van der Waals surface area contributed by atoms with Gasteiger partial charge in [0.05, 0.1) is 16.8 Å². The van der Waals surface area contributed by atoms with Gasteiger partial charge in [0.1, 0.15) is 0 Å². The van der Waals surface area contributed by atoms with Gasteiger partial charge in [-0.25, -0.2) is 4.79 Å². The highest BCUT2D eigenvalue weighted by Gasteiger charge is 2.34. The maximum atomic E-state index is 13.2. The van der Waals surface area contributed by atoms with Crippen molar-refractivity contribution in [3.05, 3.63) is 78.0 Å². The lowest BCUT2D eigenvalue weighted by Gasteiger charge is -2.39. The fourth-order valence-corrected chi connectivity index (χ4v) is 4.22. The number of hydrogen-bond donors (Lipinski definition) is 3. The topological polar surface area (TPSA) is 140 Å². The zero-order valence-electron chi connectivity index (χ0n) is 19.4. The van der Waals surface area contributed by atoms with Crippen LogP contribution in [0.15, 0.2) is 66.9 Å². The molecule has 3 N–H and O–H groups in total. The standard InChI is InChI=1S/C26H24N4O6/c1-16-15-29(25(35)17-6-3-2-4-7-17)12-13-30(16)26(36)24(34)19-14-27-23-18(19)8-5-9-20(23)28-21(31)10-11-22(32)33/h2-11,14,16,27H,12-13,15H2,1H3,(H,28,31)(H,32,33)/t16-/m1/s1. The summed E-state index contributed by atoms with van der Waals surface area (Å²) in [5.41, 5.74) is 1.49. The zero-order valence-corrected chi connectivity index (χ0v) is 19.4. The van der Waals surface area contributed by atoms with Gasteiger partial charge >= 0.3 is 5.97 Å². The van der Waals surface area contributed by atoms with Gasteiger partial charge in [0, 0.05) is 55.0 Å². The van der Waals surface area contributed by atoms with Crippen LogP contribution in [-0.2, 0) is 14.4 Å². The number of para-hydroxylation sites is 1. The van der Waals surface area contributed by atoms with Crippen LogP contribution in [0.4, 0.5) is 5.69 Å². The number of carbonyl (C=O) groups excluding carboxylic acids is 4. The van der Waals surface area contributed by atoms with Crippen LogP contribution in [0.25, 0.3) is 10.9 Å². The molecule has 36 heavy (non-hydrogen) atoms. The normalized spacial score (nSPS) is 15.8. The highest BCUT2D eigenvalue weighted by Crippen LogP contribution is 2.27. The number of carbonyl (C=O) groups is 5. The first-order valence-corrected chi connectivity index (χ1v) is 11.3. The quantitative estimate of drug-likeness (QED) is 0.276. The molecule has 0 aliphatic carbocycles. The number of anilines is 1. The van der Waals surface area contributed by atoms with Crippen LogP contribution in [0.5, 0.6) is 0 Å². The maximum absolute atomic E-state index is 13.2.